The molecule has 0 saturated heterocycles. The molecule has 0 aliphatic rings. The summed E-state index contributed by atoms with van der Waals surface area (Å²) in [5, 5.41) is 0. The summed E-state index contributed by atoms with van der Waals surface area (Å²) in [6, 6.07) is 1.54. The van der Waals surface area contributed by atoms with Gasteiger partial charge in [0.25, 0.3) is 5.56 Å². The summed E-state index contributed by atoms with van der Waals surface area (Å²) in [5.74, 6) is -0.0274. The second-order valence-corrected chi connectivity index (χ2v) is 17.5. The van der Waals surface area contributed by atoms with Crippen molar-refractivity contribution >= 4 is 24.2 Å². The van der Waals surface area contributed by atoms with Crippen LogP contribution in [-0.4, -0.2) is 58.7 Å². The number of unbranched alkanes of at least 4 members (excludes halogenated alkanes) is 24. The number of carbonyl (C=O) groups is 2. The highest BCUT2D eigenvalue weighted by atomic mass is 32.1. The van der Waals surface area contributed by atoms with Gasteiger partial charge in [0.1, 0.15) is 6.10 Å². The average Bonchev–Trinajstić information content (AvgIpc) is 3.21. The zero-order valence-corrected chi connectivity index (χ0v) is 39.0. The van der Waals surface area contributed by atoms with Gasteiger partial charge in [-0.2, -0.15) is 0 Å². The molecule has 0 amide bonds. The third-order valence-electron chi connectivity index (χ3n) is 11.5. The molecule has 8 nitrogen and oxygen atoms in total. The van der Waals surface area contributed by atoms with Gasteiger partial charge in [0.2, 0.25) is 0 Å². The van der Waals surface area contributed by atoms with Gasteiger partial charge in [-0.15, -0.1) is 0 Å². The maximum atomic E-state index is 12.8. The third-order valence-corrected chi connectivity index (χ3v) is 11.9. The monoisotopic (exact) mass is 834 g/mol. The Morgan fingerprint density at radius 2 is 1.02 bits per heavy atom. The van der Waals surface area contributed by atoms with Crippen LogP contribution < -0.4 is 5.56 Å². The Bertz CT molecular complexity index is 1190. The largest absolute Gasteiger partial charge is 0.466 e. The van der Waals surface area contributed by atoms with Crippen molar-refractivity contribution in [2.24, 2.45) is 0 Å². The number of nitrogens with zero attached hydrogens (tertiary/aromatic N) is 2. The van der Waals surface area contributed by atoms with Gasteiger partial charge in [-0.05, 0) is 96.1 Å². The smallest absolute Gasteiger partial charge is 0.306 e. The van der Waals surface area contributed by atoms with E-state index in [2.05, 4.69) is 30.7 Å². The molecule has 1 aromatic heterocycles. The number of hydrogen-bond donors (Lipinski definition) is 1. The molecule has 1 aromatic rings. The first-order valence-corrected chi connectivity index (χ1v) is 25.2. The Labute approximate surface area is 361 Å². The number of H-pyrrole nitrogens is 1. The Morgan fingerprint density at radius 1 is 0.586 bits per heavy atom. The normalized spacial score (nSPS) is 11.5. The summed E-state index contributed by atoms with van der Waals surface area (Å²) in [4.78, 5) is 41.9. The summed E-state index contributed by atoms with van der Waals surface area (Å²) in [5.41, 5.74) is -0.156. The predicted octanol–water partition coefficient (Wildman–Crippen LogP) is 14.0. The molecule has 58 heavy (non-hydrogen) atoms. The SMILES string of the molecule is CCCCCCCCCOC(=O)CCCCCCCN(CCCCCCCC(=O)OC(CCCCCCCC)CCCCCCCC)CCCn1ccc(=O)[nH]c1=S. The predicted molar refractivity (Wildman–Crippen MR) is 247 cm³/mol. The summed E-state index contributed by atoms with van der Waals surface area (Å²) in [7, 11) is 0. The molecule has 1 rings (SSSR count). The zero-order valence-electron chi connectivity index (χ0n) is 38.2. The minimum absolute atomic E-state index is 0.00877. The van der Waals surface area contributed by atoms with E-state index in [-0.39, 0.29) is 23.6 Å². The maximum absolute atomic E-state index is 12.8. The molecular formula is C49H91N3O5S. The molecule has 0 fully saturated rings. The van der Waals surface area contributed by atoms with Crippen LogP contribution in [0.2, 0.25) is 0 Å². The van der Waals surface area contributed by atoms with Crippen LogP contribution in [0.1, 0.15) is 239 Å². The summed E-state index contributed by atoms with van der Waals surface area (Å²) in [6.45, 7) is 11.3. The van der Waals surface area contributed by atoms with Gasteiger partial charge in [0.05, 0.1) is 6.61 Å². The topological polar surface area (TPSA) is 93.6 Å². The molecule has 0 aromatic carbocycles. The minimum atomic E-state index is -0.156. The Hall–Kier alpha value is -2.00. The molecule has 0 atom stereocenters. The van der Waals surface area contributed by atoms with Gasteiger partial charge in [-0.3, -0.25) is 19.4 Å². The van der Waals surface area contributed by atoms with E-state index in [0.717, 1.165) is 110 Å². The zero-order chi connectivity index (χ0) is 42.2. The Balaban J connectivity index is 2.35. The average molecular weight is 834 g/mol. The molecule has 9 heteroatoms. The Morgan fingerprint density at radius 3 is 1.53 bits per heavy atom. The number of rotatable bonds is 43. The lowest BCUT2D eigenvalue weighted by atomic mass is 10.0. The second-order valence-electron chi connectivity index (χ2n) is 17.1. The fourth-order valence-electron chi connectivity index (χ4n) is 7.82. The van der Waals surface area contributed by atoms with E-state index in [4.69, 9.17) is 21.7 Å². The van der Waals surface area contributed by atoms with Crippen LogP contribution in [0.4, 0.5) is 0 Å². The van der Waals surface area contributed by atoms with Crippen LogP contribution in [0.3, 0.4) is 0 Å². The van der Waals surface area contributed by atoms with Crippen molar-refractivity contribution in [3.8, 4) is 0 Å². The van der Waals surface area contributed by atoms with Crippen LogP contribution in [0.5, 0.6) is 0 Å². The van der Waals surface area contributed by atoms with Crippen LogP contribution in [0.25, 0.3) is 0 Å². The van der Waals surface area contributed by atoms with Gasteiger partial charge in [0.15, 0.2) is 4.77 Å². The standard InChI is InChI=1S/C49H91N3O5S/c1-4-7-10-13-16-25-32-44-56-47(54)36-28-21-17-23-30-39-51(41-33-42-52-43-38-46(53)50-49(52)58)40-31-24-18-22-29-37-48(55)57-45(34-26-19-14-11-8-5-2)35-27-20-15-12-9-6-3/h38,43,45H,4-37,39-42,44H2,1-3H3,(H,50,53,58). The molecule has 0 aliphatic carbocycles. The van der Waals surface area contributed by atoms with E-state index in [1.54, 1.807) is 6.20 Å². The molecule has 1 heterocycles. The number of aromatic amines is 1. The number of aryl methyl sites for hydroxylation is 1. The highest BCUT2D eigenvalue weighted by molar-refractivity contribution is 7.71. The first-order valence-electron chi connectivity index (χ1n) is 24.8. The molecule has 0 saturated carbocycles. The fourth-order valence-corrected chi connectivity index (χ4v) is 8.07. The first kappa shape index (κ1) is 54.0. The van der Waals surface area contributed by atoms with Crippen molar-refractivity contribution in [2.75, 3.05) is 26.2 Å². The van der Waals surface area contributed by atoms with E-state index in [1.807, 2.05) is 4.57 Å². The molecule has 0 aliphatic heterocycles. The summed E-state index contributed by atoms with van der Waals surface area (Å²) >= 11 is 5.36. The molecule has 0 radical (unpaired) electrons. The molecular weight excluding hydrogens is 743 g/mol. The number of aromatic nitrogens is 2. The van der Waals surface area contributed by atoms with E-state index >= 15 is 0 Å². The number of esters is 2. The lowest BCUT2D eigenvalue weighted by Gasteiger charge is -2.22. The van der Waals surface area contributed by atoms with Crippen LogP contribution in [-0.2, 0) is 25.6 Å². The second kappa shape index (κ2) is 40.4. The van der Waals surface area contributed by atoms with Crippen molar-refractivity contribution in [1.29, 1.82) is 0 Å². The quantitative estimate of drug-likeness (QED) is 0.0398. The van der Waals surface area contributed by atoms with E-state index < -0.39 is 0 Å². The number of carbonyl (C=O) groups excluding carboxylic acids is 2. The molecule has 0 unspecified atom stereocenters. The van der Waals surface area contributed by atoms with Gasteiger partial charge in [-0.25, -0.2) is 0 Å². The molecule has 1 N–H and O–H groups in total. The van der Waals surface area contributed by atoms with Crippen LogP contribution >= 0.6 is 12.2 Å². The number of nitrogens with one attached hydrogen (secondary N) is 1. The number of hydrogen-bond acceptors (Lipinski definition) is 7. The van der Waals surface area contributed by atoms with Gasteiger partial charge in [-0.1, -0.05) is 162 Å². The van der Waals surface area contributed by atoms with E-state index in [0.29, 0.717) is 24.2 Å². The fraction of sp³-hybridized carbons (Fsp3) is 0.878. The van der Waals surface area contributed by atoms with Gasteiger partial charge in [0, 0.05) is 31.6 Å². The lowest BCUT2D eigenvalue weighted by Crippen LogP contribution is -2.28. The van der Waals surface area contributed by atoms with Gasteiger partial charge < -0.3 is 18.9 Å². The highest BCUT2D eigenvalue weighted by Crippen LogP contribution is 2.19. The third kappa shape index (κ3) is 33.8. The highest BCUT2D eigenvalue weighted by Gasteiger charge is 2.14. The van der Waals surface area contributed by atoms with E-state index in [1.165, 1.54) is 128 Å². The molecule has 0 bridgehead atoms. The van der Waals surface area contributed by atoms with E-state index in [9.17, 15) is 14.4 Å². The van der Waals surface area contributed by atoms with Crippen molar-refractivity contribution < 1.29 is 19.1 Å². The first-order chi connectivity index (χ1) is 28.4. The minimum Gasteiger partial charge on any atom is -0.466 e. The lowest BCUT2D eigenvalue weighted by molar-refractivity contribution is -0.150. The number of ether oxygens (including phenoxy) is 2. The van der Waals surface area contributed by atoms with Crippen molar-refractivity contribution in [3.05, 3.63) is 27.4 Å². The summed E-state index contributed by atoms with van der Waals surface area (Å²) in [6.07, 6.45) is 40.8. The van der Waals surface area contributed by atoms with Crippen molar-refractivity contribution in [3.63, 3.8) is 0 Å². The maximum Gasteiger partial charge on any atom is 0.306 e. The van der Waals surface area contributed by atoms with Crippen molar-refractivity contribution in [1.82, 2.24) is 14.5 Å². The van der Waals surface area contributed by atoms with Crippen LogP contribution in [0, 0.1) is 4.77 Å². The molecule has 0 spiro atoms. The van der Waals surface area contributed by atoms with Crippen molar-refractivity contribution in [2.45, 2.75) is 252 Å². The van der Waals surface area contributed by atoms with Gasteiger partial charge >= 0.3 is 11.9 Å². The molecule has 338 valence electrons. The summed E-state index contributed by atoms with van der Waals surface area (Å²) < 4.78 is 14.0. The van der Waals surface area contributed by atoms with Crippen LogP contribution in [0.15, 0.2) is 17.1 Å². The Kier molecular flexibility index (Phi) is 37.6.